The summed E-state index contributed by atoms with van der Waals surface area (Å²) >= 11 is 0. The highest BCUT2D eigenvalue weighted by molar-refractivity contribution is 6.26. The van der Waals surface area contributed by atoms with Gasteiger partial charge in [-0.05, 0) is 61.3 Å². The van der Waals surface area contributed by atoms with Crippen molar-refractivity contribution < 1.29 is 39.0 Å². The van der Waals surface area contributed by atoms with E-state index in [4.69, 9.17) is 29.3 Å². The van der Waals surface area contributed by atoms with Crippen molar-refractivity contribution in [2.24, 2.45) is 5.92 Å². The van der Waals surface area contributed by atoms with Gasteiger partial charge in [0.1, 0.15) is 13.2 Å². The normalized spacial score (nSPS) is 18.9. The van der Waals surface area contributed by atoms with Crippen LogP contribution in [0.2, 0.25) is 0 Å². The van der Waals surface area contributed by atoms with E-state index in [-0.39, 0.29) is 18.0 Å². The van der Waals surface area contributed by atoms with Crippen molar-refractivity contribution in [3.8, 4) is 0 Å². The van der Waals surface area contributed by atoms with E-state index < -0.39 is 11.9 Å². The molecule has 35 heavy (non-hydrogen) atoms. The van der Waals surface area contributed by atoms with Crippen molar-refractivity contribution in [3.05, 3.63) is 48.0 Å². The van der Waals surface area contributed by atoms with E-state index >= 15 is 0 Å². The van der Waals surface area contributed by atoms with Crippen molar-refractivity contribution in [2.45, 2.75) is 51.0 Å². The maximum Gasteiger partial charge on any atom is 0.351 e. The maximum absolute atomic E-state index is 13.0. The van der Waals surface area contributed by atoms with E-state index in [0.717, 1.165) is 38.8 Å². The number of ether oxygens (including phenoxy) is 2. The zero-order chi connectivity index (χ0) is 25.0. The van der Waals surface area contributed by atoms with Gasteiger partial charge in [-0.3, -0.25) is 4.79 Å². The first kappa shape index (κ1) is 26.6. The predicted molar refractivity (Wildman–Crippen MR) is 128 cm³/mol. The average molecular weight is 486 g/mol. The first-order valence-electron chi connectivity index (χ1n) is 12.5. The Hall–Kier alpha value is -2.97. The molecule has 2 aliphatic heterocycles. The highest BCUT2D eigenvalue weighted by Crippen LogP contribution is 2.27. The SMILES string of the molecule is O=C(OCC[NH+]1CCCCC1)C(Cc1cccc2ccccc12)CC1CCCO1.O=C([O-])C(=O)O. The summed E-state index contributed by atoms with van der Waals surface area (Å²) in [7, 11) is 0. The highest BCUT2D eigenvalue weighted by Gasteiger charge is 2.28. The van der Waals surface area contributed by atoms with Gasteiger partial charge in [0.25, 0.3) is 0 Å². The van der Waals surface area contributed by atoms with Gasteiger partial charge in [0.15, 0.2) is 5.97 Å². The number of quaternary nitrogens is 1. The van der Waals surface area contributed by atoms with Crippen LogP contribution >= 0.6 is 0 Å². The lowest BCUT2D eigenvalue weighted by Crippen LogP contribution is -3.13. The number of benzene rings is 2. The van der Waals surface area contributed by atoms with Crippen molar-refractivity contribution >= 4 is 28.7 Å². The third-order valence-electron chi connectivity index (χ3n) is 6.69. The molecule has 8 heteroatoms. The molecule has 0 bridgehead atoms. The maximum atomic E-state index is 13.0. The smallest absolute Gasteiger partial charge is 0.351 e. The predicted octanol–water partition coefficient (Wildman–Crippen LogP) is 1.00. The van der Waals surface area contributed by atoms with Gasteiger partial charge in [-0.15, -0.1) is 0 Å². The molecule has 2 aliphatic rings. The standard InChI is InChI=1S/C25H33NO3.C2H2O4/c27-25(29-17-15-26-13-4-1-5-14-26)22(19-23-11-7-16-28-23)18-21-10-6-9-20-8-2-3-12-24(20)21;3-1(4)2(5)6/h2-3,6,8-10,12,22-23H,1,4-5,7,11,13-19H2;(H,3,4)(H,5,6). The second kappa shape index (κ2) is 13.8. The Morgan fingerprint density at radius 3 is 2.46 bits per heavy atom. The number of rotatable bonds is 8. The number of carboxylic acid groups (broad SMARTS) is 2. The lowest BCUT2D eigenvalue weighted by Gasteiger charge is -2.24. The third kappa shape index (κ3) is 8.64. The van der Waals surface area contributed by atoms with Gasteiger partial charge in [-0.25, -0.2) is 4.79 Å². The Morgan fingerprint density at radius 1 is 1.06 bits per heavy atom. The third-order valence-corrected chi connectivity index (χ3v) is 6.69. The molecule has 4 rings (SSSR count). The molecule has 190 valence electrons. The zero-order valence-electron chi connectivity index (χ0n) is 20.1. The molecule has 8 nitrogen and oxygen atoms in total. The molecule has 0 spiro atoms. The number of carbonyl (C=O) groups excluding carboxylic acids is 2. The molecule has 2 aromatic rings. The first-order chi connectivity index (χ1) is 16.9. The van der Waals surface area contributed by atoms with E-state index in [2.05, 4.69) is 42.5 Å². The number of likely N-dealkylation sites (tertiary alicyclic amines) is 1. The minimum absolute atomic E-state index is 0.0511. The monoisotopic (exact) mass is 485 g/mol. The first-order valence-corrected chi connectivity index (χ1v) is 12.5. The molecule has 2 unspecified atom stereocenters. The van der Waals surface area contributed by atoms with E-state index in [1.54, 1.807) is 4.90 Å². The lowest BCUT2D eigenvalue weighted by atomic mass is 9.90. The molecule has 0 saturated carbocycles. The second-order valence-electron chi connectivity index (χ2n) is 9.23. The van der Waals surface area contributed by atoms with Crippen LogP contribution < -0.4 is 10.0 Å². The van der Waals surface area contributed by atoms with Crippen molar-refractivity contribution in [3.63, 3.8) is 0 Å². The summed E-state index contributed by atoms with van der Waals surface area (Å²) in [6, 6.07) is 14.8. The summed E-state index contributed by atoms with van der Waals surface area (Å²) in [5.41, 5.74) is 1.23. The minimum Gasteiger partial charge on any atom is -0.539 e. The van der Waals surface area contributed by atoms with E-state index in [1.165, 1.54) is 48.7 Å². The molecular formula is C27H35NO7. The number of esters is 1. The number of hydrogen-bond acceptors (Lipinski definition) is 6. The number of nitrogens with one attached hydrogen (secondary N) is 1. The van der Waals surface area contributed by atoms with Gasteiger partial charge in [0.05, 0.1) is 25.1 Å². The summed E-state index contributed by atoms with van der Waals surface area (Å²) in [6.07, 6.45) is 7.76. The minimum atomic E-state index is -2.07. The molecule has 2 fully saturated rings. The summed E-state index contributed by atoms with van der Waals surface area (Å²) < 4.78 is 11.6. The lowest BCUT2D eigenvalue weighted by molar-refractivity contribution is -0.905. The van der Waals surface area contributed by atoms with E-state index in [1.807, 2.05) is 0 Å². The summed E-state index contributed by atoms with van der Waals surface area (Å²) in [5.74, 6) is -4.20. The van der Waals surface area contributed by atoms with Gasteiger partial charge in [0.2, 0.25) is 0 Å². The molecule has 0 amide bonds. The van der Waals surface area contributed by atoms with Crippen molar-refractivity contribution in [1.82, 2.24) is 0 Å². The molecule has 0 radical (unpaired) electrons. The van der Waals surface area contributed by atoms with Crippen LogP contribution in [0.5, 0.6) is 0 Å². The zero-order valence-corrected chi connectivity index (χ0v) is 20.1. The van der Waals surface area contributed by atoms with Crippen LogP contribution in [0.1, 0.15) is 44.1 Å². The van der Waals surface area contributed by atoms with Crippen molar-refractivity contribution in [1.29, 1.82) is 0 Å². The van der Waals surface area contributed by atoms with Crippen LogP contribution in [0.3, 0.4) is 0 Å². The van der Waals surface area contributed by atoms with Crippen molar-refractivity contribution in [2.75, 3.05) is 32.8 Å². The number of carbonyl (C=O) groups is 3. The fourth-order valence-electron chi connectivity index (χ4n) is 4.86. The highest BCUT2D eigenvalue weighted by atomic mass is 16.5. The number of fused-ring (bicyclic) bond motifs is 1. The Labute approximate surface area is 205 Å². The number of hydrogen-bond donors (Lipinski definition) is 2. The number of aliphatic carboxylic acids is 2. The van der Waals surface area contributed by atoms with Crippen LogP contribution in [0, 0.1) is 5.92 Å². The van der Waals surface area contributed by atoms with Gasteiger partial charge in [-0.1, -0.05) is 42.5 Å². The Balaban J connectivity index is 0.000000509. The van der Waals surface area contributed by atoms with Gasteiger partial charge in [0, 0.05) is 6.61 Å². The Kier molecular flexibility index (Phi) is 10.5. The fourth-order valence-corrected chi connectivity index (χ4v) is 4.86. The molecule has 2 aromatic carbocycles. The van der Waals surface area contributed by atoms with Crippen LogP contribution in [0.25, 0.3) is 10.8 Å². The summed E-state index contributed by atoms with van der Waals surface area (Å²) in [4.78, 5) is 32.6. The Bertz CT molecular complexity index is 963. The van der Waals surface area contributed by atoms with Gasteiger partial charge >= 0.3 is 11.9 Å². The number of piperidine rings is 1. The summed E-state index contributed by atoms with van der Waals surface area (Å²) in [6.45, 7) is 4.72. The van der Waals surface area contributed by atoms with E-state index in [0.29, 0.717) is 6.61 Å². The molecule has 2 saturated heterocycles. The topological polar surface area (TPSA) is 117 Å². The van der Waals surface area contributed by atoms with Crippen LogP contribution in [0.15, 0.2) is 42.5 Å². The molecule has 0 aliphatic carbocycles. The molecule has 0 aromatic heterocycles. The van der Waals surface area contributed by atoms with E-state index in [9.17, 15) is 4.79 Å². The fraction of sp³-hybridized carbons (Fsp3) is 0.519. The van der Waals surface area contributed by atoms with Crippen LogP contribution in [-0.4, -0.2) is 62.0 Å². The molecular weight excluding hydrogens is 450 g/mol. The number of carboxylic acids is 2. The molecule has 2 atom stereocenters. The van der Waals surface area contributed by atoms with Crippen LogP contribution in [0.4, 0.5) is 0 Å². The van der Waals surface area contributed by atoms with Gasteiger partial charge in [-0.2, -0.15) is 0 Å². The van der Waals surface area contributed by atoms with Crippen LogP contribution in [-0.2, 0) is 30.3 Å². The van der Waals surface area contributed by atoms with Gasteiger partial charge < -0.3 is 29.4 Å². The molecule has 2 heterocycles. The Morgan fingerprint density at radius 2 is 1.77 bits per heavy atom. The average Bonchev–Trinajstić information content (AvgIpc) is 3.38. The quantitative estimate of drug-likeness (QED) is 0.423. The largest absolute Gasteiger partial charge is 0.539 e. The second-order valence-corrected chi connectivity index (χ2v) is 9.23. The molecule has 2 N–H and O–H groups in total. The summed E-state index contributed by atoms with van der Waals surface area (Å²) in [5, 5.41) is 18.8.